The summed E-state index contributed by atoms with van der Waals surface area (Å²) in [6, 6.07) is 5.60. The summed E-state index contributed by atoms with van der Waals surface area (Å²) >= 11 is 7.62. The van der Waals surface area contributed by atoms with Crippen molar-refractivity contribution in [1.29, 1.82) is 0 Å². The van der Waals surface area contributed by atoms with Gasteiger partial charge in [-0.2, -0.15) is 0 Å². The van der Waals surface area contributed by atoms with Gasteiger partial charge in [0.05, 0.1) is 24.4 Å². The number of rotatable bonds is 4. The van der Waals surface area contributed by atoms with Crippen LogP contribution < -0.4 is 16.0 Å². The molecule has 0 unspecified atom stereocenters. The first kappa shape index (κ1) is 12.3. The van der Waals surface area contributed by atoms with Crippen molar-refractivity contribution < 1.29 is 4.74 Å². The van der Waals surface area contributed by atoms with Gasteiger partial charge in [-0.05, 0) is 18.2 Å². The van der Waals surface area contributed by atoms with Crippen LogP contribution in [0.2, 0.25) is 5.02 Å². The van der Waals surface area contributed by atoms with Crippen LogP contribution in [-0.4, -0.2) is 12.1 Å². The van der Waals surface area contributed by atoms with E-state index in [9.17, 15) is 0 Å². The SMILES string of the molecule is COc1ccc(-c2csc(CNN)n2)cc1Cl. The van der Waals surface area contributed by atoms with E-state index in [2.05, 4.69) is 10.4 Å². The average molecular weight is 270 g/mol. The molecule has 3 N–H and O–H groups in total. The van der Waals surface area contributed by atoms with Crippen LogP contribution in [0.1, 0.15) is 5.01 Å². The first-order valence-corrected chi connectivity index (χ1v) is 6.22. The number of thiazole rings is 1. The number of hydrogen-bond acceptors (Lipinski definition) is 5. The third-order valence-electron chi connectivity index (χ3n) is 2.25. The Hall–Kier alpha value is -1.14. The van der Waals surface area contributed by atoms with Crippen LogP contribution in [0.3, 0.4) is 0 Å². The molecular formula is C11H12ClN3OS. The highest BCUT2D eigenvalue weighted by Gasteiger charge is 2.07. The van der Waals surface area contributed by atoms with Gasteiger partial charge in [0.25, 0.3) is 0 Å². The maximum Gasteiger partial charge on any atom is 0.137 e. The van der Waals surface area contributed by atoms with E-state index in [-0.39, 0.29) is 0 Å². The van der Waals surface area contributed by atoms with E-state index in [1.54, 1.807) is 18.4 Å². The van der Waals surface area contributed by atoms with Gasteiger partial charge in [-0.15, -0.1) is 11.3 Å². The second-order valence-corrected chi connectivity index (χ2v) is 4.71. The maximum absolute atomic E-state index is 6.07. The number of nitrogens with zero attached hydrogens (tertiary/aromatic N) is 1. The zero-order chi connectivity index (χ0) is 12.3. The summed E-state index contributed by atoms with van der Waals surface area (Å²) in [6.45, 7) is 0.564. The molecule has 6 heteroatoms. The molecule has 4 nitrogen and oxygen atoms in total. The van der Waals surface area contributed by atoms with Crippen molar-refractivity contribution >= 4 is 22.9 Å². The molecule has 0 bridgehead atoms. The van der Waals surface area contributed by atoms with E-state index in [0.717, 1.165) is 16.3 Å². The minimum Gasteiger partial charge on any atom is -0.495 e. The molecule has 0 saturated heterocycles. The standard InChI is InChI=1S/C11H12ClN3OS/c1-16-10-3-2-7(4-8(10)12)9-6-17-11(15-9)5-14-13/h2-4,6,14H,5,13H2,1H3. The lowest BCUT2D eigenvalue weighted by molar-refractivity contribution is 0.415. The summed E-state index contributed by atoms with van der Waals surface area (Å²) in [6.07, 6.45) is 0. The first-order chi connectivity index (χ1) is 8.24. The summed E-state index contributed by atoms with van der Waals surface area (Å²) in [5.74, 6) is 5.91. The zero-order valence-electron chi connectivity index (χ0n) is 9.24. The molecule has 1 heterocycles. The van der Waals surface area contributed by atoms with Crippen LogP contribution in [-0.2, 0) is 6.54 Å². The monoisotopic (exact) mass is 269 g/mol. The van der Waals surface area contributed by atoms with Gasteiger partial charge in [-0.1, -0.05) is 11.6 Å². The number of nitrogens with two attached hydrogens (primary N) is 1. The average Bonchev–Trinajstić information content (AvgIpc) is 2.78. The van der Waals surface area contributed by atoms with Crippen molar-refractivity contribution in [2.75, 3.05) is 7.11 Å². The van der Waals surface area contributed by atoms with Crippen LogP contribution in [0.4, 0.5) is 0 Å². The fourth-order valence-electron chi connectivity index (χ4n) is 1.44. The number of hydrogen-bond donors (Lipinski definition) is 2. The first-order valence-electron chi connectivity index (χ1n) is 4.96. The number of halogens is 1. The molecule has 0 atom stereocenters. The summed E-state index contributed by atoms with van der Waals surface area (Å²) in [7, 11) is 1.59. The molecule has 1 aromatic heterocycles. The Kier molecular flexibility index (Phi) is 3.96. The summed E-state index contributed by atoms with van der Waals surface area (Å²) in [4.78, 5) is 4.44. The largest absolute Gasteiger partial charge is 0.495 e. The van der Waals surface area contributed by atoms with Crippen molar-refractivity contribution in [1.82, 2.24) is 10.4 Å². The van der Waals surface area contributed by atoms with Crippen molar-refractivity contribution in [3.63, 3.8) is 0 Å². The molecule has 17 heavy (non-hydrogen) atoms. The molecule has 0 aliphatic carbocycles. The Morgan fingerprint density at radius 1 is 1.53 bits per heavy atom. The lowest BCUT2D eigenvalue weighted by Crippen LogP contribution is -2.20. The van der Waals surface area contributed by atoms with Crippen LogP contribution in [0, 0.1) is 0 Å². The quantitative estimate of drug-likeness (QED) is 0.661. The molecule has 2 rings (SSSR count). The molecular weight excluding hydrogens is 258 g/mol. The molecule has 0 fully saturated rings. The van der Waals surface area contributed by atoms with Gasteiger partial charge in [0.15, 0.2) is 0 Å². The topological polar surface area (TPSA) is 60.2 Å². The van der Waals surface area contributed by atoms with E-state index in [4.69, 9.17) is 22.2 Å². The molecule has 0 spiro atoms. The predicted octanol–water partition coefficient (Wildman–Crippen LogP) is 2.44. The second-order valence-electron chi connectivity index (χ2n) is 3.36. The number of hydrazine groups is 1. The molecule has 0 saturated carbocycles. The van der Waals surface area contributed by atoms with Crippen LogP contribution in [0.25, 0.3) is 11.3 Å². The Bertz CT molecular complexity index is 515. The molecule has 90 valence electrons. The summed E-state index contributed by atoms with van der Waals surface area (Å²) < 4.78 is 5.10. The molecule has 0 aliphatic rings. The van der Waals surface area contributed by atoms with Crippen molar-refractivity contribution in [2.45, 2.75) is 6.54 Å². The van der Waals surface area contributed by atoms with E-state index < -0.39 is 0 Å². The van der Waals surface area contributed by atoms with E-state index >= 15 is 0 Å². The Balaban J connectivity index is 2.29. The number of aromatic nitrogens is 1. The van der Waals surface area contributed by atoms with Crippen molar-refractivity contribution in [3.05, 3.63) is 33.6 Å². The Morgan fingerprint density at radius 2 is 2.35 bits per heavy atom. The van der Waals surface area contributed by atoms with Crippen LogP contribution in [0.15, 0.2) is 23.6 Å². The normalized spacial score (nSPS) is 10.5. The zero-order valence-corrected chi connectivity index (χ0v) is 10.8. The lowest BCUT2D eigenvalue weighted by atomic mass is 10.2. The van der Waals surface area contributed by atoms with E-state index in [0.29, 0.717) is 17.3 Å². The number of nitrogens with one attached hydrogen (secondary N) is 1. The highest BCUT2D eigenvalue weighted by Crippen LogP contribution is 2.30. The fraction of sp³-hybridized carbons (Fsp3) is 0.182. The number of ether oxygens (including phenoxy) is 1. The van der Waals surface area contributed by atoms with E-state index in [1.165, 1.54) is 0 Å². The minimum atomic E-state index is 0.564. The highest BCUT2D eigenvalue weighted by molar-refractivity contribution is 7.09. The maximum atomic E-state index is 6.07. The molecule has 0 aliphatic heterocycles. The van der Waals surface area contributed by atoms with Crippen LogP contribution in [0.5, 0.6) is 5.75 Å². The Labute approximate surface area is 108 Å². The van der Waals surface area contributed by atoms with Crippen LogP contribution >= 0.6 is 22.9 Å². The summed E-state index contributed by atoms with van der Waals surface area (Å²) in [5.41, 5.74) is 4.44. The molecule has 0 radical (unpaired) electrons. The van der Waals surface area contributed by atoms with Gasteiger partial charge >= 0.3 is 0 Å². The second kappa shape index (κ2) is 5.46. The summed E-state index contributed by atoms with van der Waals surface area (Å²) in [5, 5.41) is 3.50. The van der Waals surface area contributed by atoms with Gasteiger partial charge < -0.3 is 4.74 Å². The molecule has 1 aromatic carbocycles. The van der Waals surface area contributed by atoms with Gasteiger partial charge in [-0.3, -0.25) is 11.3 Å². The number of methoxy groups -OCH3 is 1. The fourth-order valence-corrected chi connectivity index (χ4v) is 2.45. The predicted molar refractivity (Wildman–Crippen MR) is 70.1 cm³/mol. The minimum absolute atomic E-state index is 0.564. The van der Waals surface area contributed by atoms with Gasteiger partial charge in [0, 0.05) is 10.9 Å². The Morgan fingerprint density at radius 3 is 3.00 bits per heavy atom. The van der Waals surface area contributed by atoms with Crippen molar-refractivity contribution in [3.8, 4) is 17.0 Å². The van der Waals surface area contributed by atoms with Gasteiger partial charge in [-0.25, -0.2) is 4.98 Å². The van der Waals surface area contributed by atoms with E-state index in [1.807, 2.05) is 23.6 Å². The third kappa shape index (κ3) is 2.76. The third-order valence-corrected chi connectivity index (χ3v) is 3.40. The molecule has 0 amide bonds. The highest BCUT2D eigenvalue weighted by atomic mass is 35.5. The number of benzene rings is 1. The van der Waals surface area contributed by atoms with Crippen molar-refractivity contribution in [2.24, 2.45) is 5.84 Å². The van der Waals surface area contributed by atoms with Gasteiger partial charge in [0.1, 0.15) is 10.8 Å². The smallest absolute Gasteiger partial charge is 0.137 e. The molecule has 2 aromatic rings. The van der Waals surface area contributed by atoms with Gasteiger partial charge in [0.2, 0.25) is 0 Å². The lowest BCUT2D eigenvalue weighted by Gasteiger charge is -2.04.